The SMILES string of the molecule is Cc1cccc(N2CCN(C(=O)c3ccc(-n4nc(C)c(Br)c4C)cc3)CC2)c1C. The zero-order valence-electron chi connectivity index (χ0n) is 17.9. The smallest absolute Gasteiger partial charge is 0.253 e. The Morgan fingerprint density at radius 1 is 0.933 bits per heavy atom. The molecular formula is C24H27BrN4O. The number of carbonyl (C=O) groups excluding carboxylic acids is 1. The van der Waals surface area contributed by atoms with Crippen LogP contribution in [0.4, 0.5) is 5.69 Å². The topological polar surface area (TPSA) is 41.4 Å². The van der Waals surface area contributed by atoms with Crippen molar-refractivity contribution in [2.75, 3.05) is 31.1 Å². The number of halogens is 1. The Labute approximate surface area is 186 Å². The third-order valence-corrected chi connectivity index (χ3v) is 7.19. The molecule has 1 amide bonds. The van der Waals surface area contributed by atoms with Gasteiger partial charge in [-0.3, -0.25) is 4.79 Å². The highest BCUT2D eigenvalue weighted by molar-refractivity contribution is 9.10. The lowest BCUT2D eigenvalue weighted by molar-refractivity contribution is 0.0747. The lowest BCUT2D eigenvalue weighted by Crippen LogP contribution is -2.49. The van der Waals surface area contributed by atoms with Crippen molar-refractivity contribution >= 4 is 27.5 Å². The molecule has 0 atom stereocenters. The van der Waals surface area contributed by atoms with Crippen molar-refractivity contribution in [2.24, 2.45) is 0 Å². The van der Waals surface area contributed by atoms with E-state index in [1.807, 2.05) is 47.7 Å². The normalized spacial score (nSPS) is 14.3. The number of nitrogens with zero attached hydrogens (tertiary/aromatic N) is 4. The predicted octanol–water partition coefficient (Wildman–Crippen LogP) is 4.83. The molecule has 4 rings (SSSR count). The number of anilines is 1. The van der Waals surface area contributed by atoms with E-state index < -0.39 is 0 Å². The van der Waals surface area contributed by atoms with Gasteiger partial charge in [-0.15, -0.1) is 0 Å². The number of piperazine rings is 1. The van der Waals surface area contributed by atoms with Crippen LogP contribution in [0.2, 0.25) is 0 Å². The number of benzene rings is 2. The first kappa shape index (κ1) is 20.7. The monoisotopic (exact) mass is 466 g/mol. The van der Waals surface area contributed by atoms with E-state index in [0.717, 1.165) is 53.3 Å². The summed E-state index contributed by atoms with van der Waals surface area (Å²) in [6.07, 6.45) is 0. The molecule has 30 heavy (non-hydrogen) atoms. The van der Waals surface area contributed by atoms with E-state index in [2.05, 4.69) is 58.0 Å². The molecule has 0 N–H and O–H groups in total. The third kappa shape index (κ3) is 3.76. The molecule has 1 saturated heterocycles. The largest absolute Gasteiger partial charge is 0.368 e. The van der Waals surface area contributed by atoms with E-state index in [9.17, 15) is 4.79 Å². The summed E-state index contributed by atoms with van der Waals surface area (Å²) in [5.41, 5.74) is 7.59. The first-order valence-corrected chi connectivity index (χ1v) is 11.1. The van der Waals surface area contributed by atoms with Crippen molar-refractivity contribution in [2.45, 2.75) is 27.7 Å². The average Bonchev–Trinajstić information content (AvgIpc) is 3.03. The minimum absolute atomic E-state index is 0.0942. The minimum atomic E-state index is 0.0942. The summed E-state index contributed by atoms with van der Waals surface area (Å²) in [7, 11) is 0. The Balaban J connectivity index is 1.44. The summed E-state index contributed by atoms with van der Waals surface area (Å²) in [5, 5.41) is 4.56. The van der Waals surface area contributed by atoms with E-state index in [-0.39, 0.29) is 5.91 Å². The van der Waals surface area contributed by atoms with E-state index in [0.29, 0.717) is 0 Å². The van der Waals surface area contributed by atoms with E-state index in [1.165, 1.54) is 16.8 Å². The molecule has 1 aromatic heterocycles. The van der Waals surface area contributed by atoms with Crippen LogP contribution >= 0.6 is 15.9 Å². The summed E-state index contributed by atoms with van der Waals surface area (Å²) in [5.74, 6) is 0.0942. The second-order valence-electron chi connectivity index (χ2n) is 7.94. The molecule has 6 heteroatoms. The summed E-state index contributed by atoms with van der Waals surface area (Å²) in [6, 6.07) is 14.2. The third-order valence-electron chi connectivity index (χ3n) is 6.05. The van der Waals surface area contributed by atoms with Crippen molar-refractivity contribution in [1.82, 2.24) is 14.7 Å². The number of aryl methyl sites for hydroxylation is 2. The molecule has 0 unspecified atom stereocenters. The van der Waals surface area contributed by atoms with Gasteiger partial charge in [-0.2, -0.15) is 5.10 Å². The minimum Gasteiger partial charge on any atom is -0.368 e. The summed E-state index contributed by atoms with van der Waals surface area (Å²) >= 11 is 3.57. The van der Waals surface area contributed by atoms with Crippen LogP contribution in [0.1, 0.15) is 32.9 Å². The van der Waals surface area contributed by atoms with Crippen LogP contribution < -0.4 is 4.90 Å². The van der Waals surface area contributed by atoms with Gasteiger partial charge in [0.15, 0.2) is 0 Å². The van der Waals surface area contributed by atoms with Gasteiger partial charge in [0.25, 0.3) is 5.91 Å². The number of amides is 1. The maximum absolute atomic E-state index is 13.0. The lowest BCUT2D eigenvalue weighted by atomic mass is 10.1. The molecular weight excluding hydrogens is 440 g/mol. The first-order chi connectivity index (χ1) is 14.4. The lowest BCUT2D eigenvalue weighted by Gasteiger charge is -2.37. The Bertz CT molecular complexity index is 1080. The molecule has 3 aromatic rings. The van der Waals surface area contributed by atoms with Crippen molar-refractivity contribution in [1.29, 1.82) is 0 Å². The molecule has 0 aliphatic carbocycles. The van der Waals surface area contributed by atoms with E-state index in [4.69, 9.17) is 0 Å². The van der Waals surface area contributed by atoms with Gasteiger partial charge in [-0.25, -0.2) is 4.68 Å². The molecule has 0 bridgehead atoms. The maximum Gasteiger partial charge on any atom is 0.253 e. The number of hydrogen-bond acceptors (Lipinski definition) is 3. The van der Waals surface area contributed by atoms with E-state index >= 15 is 0 Å². The zero-order valence-corrected chi connectivity index (χ0v) is 19.5. The highest BCUT2D eigenvalue weighted by atomic mass is 79.9. The summed E-state index contributed by atoms with van der Waals surface area (Å²) in [4.78, 5) is 17.4. The standard InChI is InChI=1S/C24H27BrN4O/c1-16-6-5-7-22(17(16)2)27-12-14-28(15-13-27)24(30)20-8-10-21(11-9-20)29-19(4)23(25)18(3)26-29/h5-11H,12-15H2,1-4H3. The van der Waals surface area contributed by atoms with Gasteiger partial charge >= 0.3 is 0 Å². The second-order valence-corrected chi connectivity index (χ2v) is 8.73. The van der Waals surface area contributed by atoms with Crippen LogP contribution in [0.3, 0.4) is 0 Å². The fraction of sp³-hybridized carbons (Fsp3) is 0.333. The number of aromatic nitrogens is 2. The van der Waals surface area contributed by atoms with Crippen LogP contribution in [0.15, 0.2) is 46.9 Å². The molecule has 2 aromatic carbocycles. The highest BCUT2D eigenvalue weighted by Crippen LogP contribution is 2.25. The molecule has 0 spiro atoms. The van der Waals surface area contributed by atoms with Gasteiger partial charge in [0.2, 0.25) is 0 Å². The second kappa shape index (κ2) is 8.26. The van der Waals surface area contributed by atoms with Crippen molar-refractivity contribution in [3.05, 3.63) is 75.0 Å². The molecule has 0 saturated carbocycles. The van der Waals surface area contributed by atoms with Crippen LogP contribution in [0, 0.1) is 27.7 Å². The van der Waals surface area contributed by atoms with Crippen molar-refractivity contribution < 1.29 is 4.79 Å². The highest BCUT2D eigenvalue weighted by Gasteiger charge is 2.23. The zero-order chi connectivity index (χ0) is 21.4. The van der Waals surface area contributed by atoms with Crippen molar-refractivity contribution in [3.8, 4) is 5.69 Å². The molecule has 2 heterocycles. The van der Waals surface area contributed by atoms with Crippen LogP contribution in [0.25, 0.3) is 5.69 Å². The molecule has 1 aliphatic rings. The number of carbonyl (C=O) groups is 1. The molecule has 1 aliphatic heterocycles. The van der Waals surface area contributed by atoms with E-state index in [1.54, 1.807) is 0 Å². The van der Waals surface area contributed by atoms with Gasteiger partial charge in [0, 0.05) is 37.4 Å². The van der Waals surface area contributed by atoms with Gasteiger partial charge in [0.05, 0.1) is 21.5 Å². The summed E-state index contributed by atoms with van der Waals surface area (Å²) in [6.45, 7) is 11.5. The maximum atomic E-state index is 13.0. The predicted molar refractivity (Wildman–Crippen MR) is 125 cm³/mol. The number of hydrogen-bond donors (Lipinski definition) is 0. The Morgan fingerprint density at radius 3 is 2.20 bits per heavy atom. The molecule has 0 radical (unpaired) electrons. The fourth-order valence-electron chi connectivity index (χ4n) is 4.03. The van der Waals surface area contributed by atoms with Gasteiger partial charge in [0.1, 0.15) is 0 Å². The molecule has 5 nitrogen and oxygen atoms in total. The average molecular weight is 467 g/mol. The van der Waals surface area contributed by atoms with Crippen LogP contribution in [-0.2, 0) is 0 Å². The Kier molecular flexibility index (Phi) is 5.69. The van der Waals surface area contributed by atoms with Crippen LogP contribution in [0.5, 0.6) is 0 Å². The van der Waals surface area contributed by atoms with Gasteiger partial charge < -0.3 is 9.80 Å². The van der Waals surface area contributed by atoms with Crippen LogP contribution in [-0.4, -0.2) is 46.8 Å². The Hall–Kier alpha value is -2.60. The van der Waals surface area contributed by atoms with Gasteiger partial charge in [-0.1, -0.05) is 12.1 Å². The van der Waals surface area contributed by atoms with Crippen molar-refractivity contribution in [3.63, 3.8) is 0 Å². The molecule has 1 fully saturated rings. The number of rotatable bonds is 3. The summed E-state index contributed by atoms with van der Waals surface area (Å²) < 4.78 is 2.92. The Morgan fingerprint density at radius 2 is 1.60 bits per heavy atom. The molecule has 156 valence electrons. The quantitative estimate of drug-likeness (QED) is 0.554. The first-order valence-electron chi connectivity index (χ1n) is 10.3. The fourth-order valence-corrected chi connectivity index (χ4v) is 4.28. The van der Waals surface area contributed by atoms with Gasteiger partial charge in [-0.05, 0) is 85.1 Å².